The first-order valence-electron chi connectivity index (χ1n) is 6.74. The lowest BCUT2D eigenvalue weighted by atomic mass is 10.2. The Labute approximate surface area is 161 Å². The van der Waals surface area contributed by atoms with Crippen LogP contribution in [0.3, 0.4) is 0 Å². The van der Waals surface area contributed by atoms with Crippen molar-refractivity contribution in [2.45, 2.75) is 0 Å². The zero-order valence-corrected chi connectivity index (χ0v) is 15.8. The predicted molar refractivity (Wildman–Crippen MR) is 93.8 cm³/mol. The third-order valence-corrected chi connectivity index (χ3v) is 4.24. The van der Waals surface area contributed by atoms with Crippen LogP contribution in [-0.2, 0) is 9.53 Å². The van der Waals surface area contributed by atoms with Crippen molar-refractivity contribution in [2.24, 2.45) is 0 Å². The van der Waals surface area contributed by atoms with E-state index in [-0.39, 0.29) is 20.3 Å². The number of amides is 1. The highest BCUT2D eigenvalue weighted by atomic mass is 79.9. The number of nitro benzene ring substituents is 1. The molecule has 0 spiro atoms. The molecular formula is C15H8Br2F2N2O5. The Bertz CT molecular complexity index is 885. The minimum absolute atomic E-state index is 0.185. The summed E-state index contributed by atoms with van der Waals surface area (Å²) in [5, 5.41) is 13.2. The number of nitro groups is 1. The highest BCUT2D eigenvalue weighted by molar-refractivity contribution is 9.11. The second kappa shape index (κ2) is 8.32. The second-order valence-corrected chi connectivity index (χ2v) is 6.50. The van der Waals surface area contributed by atoms with Gasteiger partial charge in [-0.15, -0.1) is 0 Å². The molecule has 0 fully saturated rings. The number of hydrogen-bond donors (Lipinski definition) is 1. The molecule has 26 heavy (non-hydrogen) atoms. The van der Waals surface area contributed by atoms with Gasteiger partial charge in [-0.25, -0.2) is 13.6 Å². The zero-order valence-electron chi connectivity index (χ0n) is 12.6. The second-order valence-electron chi connectivity index (χ2n) is 4.79. The average molecular weight is 494 g/mol. The summed E-state index contributed by atoms with van der Waals surface area (Å²) in [4.78, 5) is 33.8. The van der Waals surface area contributed by atoms with Gasteiger partial charge in [0.15, 0.2) is 6.61 Å². The molecule has 1 amide bonds. The van der Waals surface area contributed by atoms with E-state index in [1.54, 1.807) is 0 Å². The third kappa shape index (κ3) is 4.82. The molecule has 0 aliphatic rings. The molecule has 0 aliphatic carbocycles. The maximum absolute atomic E-state index is 13.5. The molecule has 0 radical (unpaired) electrons. The molecule has 0 saturated heterocycles. The highest BCUT2D eigenvalue weighted by Gasteiger charge is 2.18. The van der Waals surface area contributed by atoms with E-state index >= 15 is 0 Å². The molecule has 2 rings (SSSR count). The van der Waals surface area contributed by atoms with E-state index in [1.807, 2.05) is 0 Å². The summed E-state index contributed by atoms with van der Waals surface area (Å²) in [6.45, 7) is -0.745. The summed E-state index contributed by atoms with van der Waals surface area (Å²) in [5.41, 5.74) is -0.540. The molecule has 0 aliphatic heterocycles. The van der Waals surface area contributed by atoms with E-state index < -0.39 is 40.6 Å². The number of halogens is 4. The van der Waals surface area contributed by atoms with Crippen molar-refractivity contribution >= 4 is 55.1 Å². The number of non-ortho nitro benzene ring substituents is 1. The molecule has 0 saturated carbocycles. The number of carbonyl (C=O) groups excluding carboxylic acids is 2. The van der Waals surface area contributed by atoms with Crippen molar-refractivity contribution in [1.82, 2.24) is 0 Å². The summed E-state index contributed by atoms with van der Waals surface area (Å²) in [5.74, 6) is -3.88. The number of esters is 1. The lowest BCUT2D eigenvalue weighted by Gasteiger charge is -2.10. The summed E-state index contributed by atoms with van der Waals surface area (Å²) >= 11 is 6.17. The van der Waals surface area contributed by atoms with Gasteiger partial charge < -0.3 is 10.1 Å². The molecule has 7 nitrogen and oxygen atoms in total. The van der Waals surface area contributed by atoms with Crippen molar-refractivity contribution in [3.05, 3.63) is 66.6 Å². The molecule has 0 atom stereocenters. The Morgan fingerprint density at radius 3 is 2.31 bits per heavy atom. The van der Waals surface area contributed by atoms with Gasteiger partial charge in [-0.3, -0.25) is 14.9 Å². The summed E-state index contributed by atoms with van der Waals surface area (Å²) in [6, 6.07) is 4.65. The maximum atomic E-state index is 13.5. The Morgan fingerprint density at radius 2 is 1.77 bits per heavy atom. The molecule has 2 aromatic carbocycles. The van der Waals surface area contributed by atoms with Crippen LogP contribution in [0, 0.1) is 21.7 Å². The van der Waals surface area contributed by atoms with Crippen molar-refractivity contribution in [3.63, 3.8) is 0 Å². The fraction of sp³-hybridized carbons (Fsp3) is 0.0667. The van der Waals surface area contributed by atoms with Gasteiger partial charge in [-0.05, 0) is 44.0 Å². The third-order valence-electron chi connectivity index (χ3n) is 2.99. The van der Waals surface area contributed by atoms with Crippen molar-refractivity contribution < 1.29 is 28.0 Å². The summed E-state index contributed by atoms with van der Waals surface area (Å²) in [7, 11) is 0. The van der Waals surface area contributed by atoms with Crippen LogP contribution in [0.15, 0.2) is 39.3 Å². The van der Waals surface area contributed by atoms with Gasteiger partial charge in [0, 0.05) is 27.1 Å². The number of anilines is 1. The summed E-state index contributed by atoms with van der Waals surface area (Å²) < 4.78 is 31.4. The van der Waals surface area contributed by atoms with Crippen molar-refractivity contribution in [3.8, 4) is 0 Å². The fourth-order valence-electron chi connectivity index (χ4n) is 1.82. The first kappa shape index (κ1) is 19.9. The van der Waals surface area contributed by atoms with E-state index in [9.17, 15) is 28.5 Å². The lowest BCUT2D eigenvalue weighted by molar-refractivity contribution is -0.385. The van der Waals surface area contributed by atoms with Gasteiger partial charge in [0.1, 0.15) is 11.6 Å². The average Bonchev–Trinajstić information content (AvgIpc) is 2.55. The lowest BCUT2D eigenvalue weighted by Crippen LogP contribution is -2.21. The zero-order chi connectivity index (χ0) is 19.4. The smallest absolute Gasteiger partial charge is 0.341 e. The number of nitrogens with zero attached hydrogens (tertiary/aromatic N) is 1. The monoisotopic (exact) mass is 492 g/mol. The number of rotatable bonds is 5. The van der Waals surface area contributed by atoms with Crippen LogP contribution in [0.2, 0.25) is 0 Å². The van der Waals surface area contributed by atoms with Gasteiger partial charge in [0.05, 0.1) is 16.2 Å². The van der Waals surface area contributed by atoms with Crippen LogP contribution in [-0.4, -0.2) is 23.4 Å². The quantitative estimate of drug-likeness (QED) is 0.382. The Morgan fingerprint density at radius 1 is 1.15 bits per heavy atom. The fourth-order valence-corrected chi connectivity index (χ4v) is 3.18. The number of hydrogen-bond acceptors (Lipinski definition) is 5. The van der Waals surface area contributed by atoms with E-state index in [0.717, 1.165) is 12.1 Å². The molecule has 11 heteroatoms. The molecule has 0 bridgehead atoms. The van der Waals surface area contributed by atoms with Gasteiger partial charge in [0.25, 0.3) is 11.6 Å². The van der Waals surface area contributed by atoms with E-state index in [4.69, 9.17) is 0 Å². The first-order chi connectivity index (χ1) is 12.2. The first-order valence-corrected chi connectivity index (χ1v) is 8.33. The predicted octanol–water partition coefficient (Wildman–Crippen LogP) is 4.19. The van der Waals surface area contributed by atoms with Crippen LogP contribution in [0.1, 0.15) is 10.4 Å². The van der Waals surface area contributed by atoms with Crippen molar-refractivity contribution in [2.75, 3.05) is 11.9 Å². The molecule has 0 aromatic heterocycles. The molecule has 0 heterocycles. The molecule has 0 unspecified atom stereocenters. The molecule has 2 aromatic rings. The van der Waals surface area contributed by atoms with Gasteiger partial charge >= 0.3 is 5.97 Å². The largest absolute Gasteiger partial charge is 0.452 e. The van der Waals surface area contributed by atoms with E-state index in [0.29, 0.717) is 6.07 Å². The van der Waals surface area contributed by atoms with Crippen molar-refractivity contribution in [1.29, 1.82) is 0 Å². The highest BCUT2D eigenvalue weighted by Crippen LogP contribution is 2.35. The number of nitrogens with one attached hydrogen (secondary N) is 1. The number of carbonyl (C=O) groups is 2. The Kier molecular flexibility index (Phi) is 6.37. The van der Waals surface area contributed by atoms with E-state index in [2.05, 4.69) is 41.9 Å². The van der Waals surface area contributed by atoms with Crippen LogP contribution in [0.4, 0.5) is 20.2 Å². The van der Waals surface area contributed by atoms with Gasteiger partial charge in [-0.2, -0.15) is 0 Å². The Balaban J connectivity index is 2.03. The minimum atomic E-state index is -1.14. The summed E-state index contributed by atoms with van der Waals surface area (Å²) in [6.07, 6.45) is 0. The minimum Gasteiger partial charge on any atom is -0.452 e. The molecule has 1 N–H and O–H groups in total. The van der Waals surface area contributed by atoms with Crippen LogP contribution >= 0.6 is 31.9 Å². The van der Waals surface area contributed by atoms with Crippen LogP contribution in [0.25, 0.3) is 0 Å². The van der Waals surface area contributed by atoms with Crippen LogP contribution < -0.4 is 5.32 Å². The van der Waals surface area contributed by atoms with Gasteiger partial charge in [-0.1, -0.05) is 0 Å². The van der Waals surface area contributed by atoms with E-state index in [1.165, 1.54) is 12.1 Å². The number of benzene rings is 2. The SMILES string of the molecule is O=C(COC(=O)c1ccc(F)cc1F)Nc1c(Br)cc([N+](=O)[O-])cc1Br. The van der Waals surface area contributed by atoms with Crippen LogP contribution in [0.5, 0.6) is 0 Å². The Hall–Kier alpha value is -2.40. The maximum Gasteiger partial charge on any atom is 0.341 e. The molecular weight excluding hydrogens is 486 g/mol. The van der Waals surface area contributed by atoms with Gasteiger partial charge in [0.2, 0.25) is 0 Å². The standard InChI is InChI=1S/C15H8Br2F2N2O5/c16-10-4-8(21(24)25)5-11(17)14(10)20-13(22)6-26-15(23)9-2-1-7(18)3-12(9)19/h1-5H,6H2,(H,20,22). The topological polar surface area (TPSA) is 98.5 Å². The normalized spacial score (nSPS) is 10.3. The molecule has 136 valence electrons. The number of ether oxygens (including phenoxy) is 1.